The van der Waals surface area contributed by atoms with E-state index in [4.69, 9.17) is 9.84 Å². The molecule has 4 nitrogen and oxygen atoms in total. The van der Waals surface area contributed by atoms with Crippen LogP contribution in [0.5, 0.6) is 0 Å². The molecule has 1 aromatic carbocycles. The highest BCUT2D eigenvalue weighted by Gasteiger charge is 2.37. The van der Waals surface area contributed by atoms with Crippen LogP contribution in [0.3, 0.4) is 0 Å². The molecule has 0 spiro atoms. The summed E-state index contributed by atoms with van der Waals surface area (Å²) in [5.74, 6) is -4.03. The SMILES string of the molecule is CC1OCCC1(C)Nc1ccc(C(=O)O)c(F)c1F. The molecule has 104 valence electrons. The van der Waals surface area contributed by atoms with Crippen LogP contribution in [0.1, 0.15) is 30.6 Å². The number of nitrogens with one attached hydrogen (secondary N) is 1. The van der Waals surface area contributed by atoms with Crippen molar-refractivity contribution in [3.05, 3.63) is 29.3 Å². The zero-order valence-corrected chi connectivity index (χ0v) is 10.7. The van der Waals surface area contributed by atoms with E-state index in [1.807, 2.05) is 13.8 Å². The number of carboxylic acids is 1. The van der Waals surface area contributed by atoms with E-state index in [0.717, 1.165) is 6.07 Å². The zero-order valence-electron chi connectivity index (χ0n) is 10.7. The highest BCUT2D eigenvalue weighted by Crippen LogP contribution is 2.31. The number of carboxylic acid groups (broad SMARTS) is 1. The number of halogens is 2. The Hall–Kier alpha value is -1.69. The Bertz CT molecular complexity index is 521. The minimum Gasteiger partial charge on any atom is -0.478 e. The molecule has 0 radical (unpaired) electrons. The summed E-state index contributed by atoms with van der Waals surface area (Å²) in [6.45, 7) is 4.25. The maximum absolute atomic E-state index is 13.8. The molecular formula is C13H15F2NO3. The van der Waals surface area contributed by atoms with Gasteiger partial charge in [0.05, 0.1) is 22.9 Å². The second-order valence-electron chi connectivity index (χ2n) is 4.90. The van der Waals surface area contributed by atoms with Gasteiger partial charge < -0.3 is 15.2 Å². The first-order valence-electron chi connectivity index (χ1n) is 5.96. The molecule has 0 bridgehead atoms. The molecule has 1 fully saturated rings. The van der Waals surface area contributed by atoms with Crippen LogP contribution in [-0.4, -0.2) is 29.3 Å². The number of anilines is 1. The highest BCUT2D eigenvalue weighted by atomic mass is 19.2. The Morgan fingerprint density at radius 1 is 1.47 bits per heavy atom. The predicted molar refractivity (Wildman–Crippen MR) is 65.4 cm³/mol. The lowest BCUT2D eigenvalue weighted by atomic mass is 9.94. The van der Waals surface area contributed by atoms with Gasteiger partial charge in [0.2, 0.25) is 0 Å². The van der Waals surface area contributed by atoms with Crippen molar-refractivity contribution < 1.29 is 23.4 Å². The van der Waals surface area contributed by atoms with E-state index in [-0.39, 0.29) is 11.8 Å². The summed E-state index contributed by atoms with van der Waals surface area (Å²) >= 11 is 0. The van der Waals surface area contributed by atoms with Crippen LogP contribution in [0.25, 0.3) is 0 Å². The fourth-order valence-corrected chi connectivity index (χ4v) is 2.12. The predicted octanol–water partition coefficient (Wildman–Crippen LogP) is 2.64. The molecule has 1 aliphatic heterocycles. The third-order valence-corrected chi connectivity index (χ3v) is 3.62. The highest BCUT2D eigenvalue weighted by molar-refractivity contribution is 5.88. The summed E-state index contributed by atoms with van der Waals surface area (Å²) in [6.07, 6.45) is 0.518. The van der Waals surface area contributed by atoms with Crippen molar-refractivity contribution in [3.8, 4) is 0 Å². The van der Waals surface area contributed by atoms with Gasteiger partial charge in [0.15, 0.2) is 11.6 Å². The van der Waals surface area contributed by atoms with Gasteiger partial charge in [-0.15, -0.1) is 0 Å². The van der Waals surface area contributed by atoms with Gasteiger partial charge in [-0.3, -0.25) is 0 Å². The molecule has 0 amide bonds. The van der Waals surface area contributed by atoms with Gasteiger partial charge in [-0.25, -0.2) is 13.6 Å². The maximum atomic E-state index is 13.8. The van der Waals surface area contributed by atoms with Gasteiger partial charge in [0, 0.05) is 6.61 Å². The molecule has 2 unspecified atom stereocenters. The third kappa shape index (κ3) is 2.40. The van der Waals surface area contributed by atoms with Crippen molar-refractivity contribution in [3.63, 3.8) is 0 Å². The number of carbonyl (C=O) groups is 1. The van der Waals surface area contributed by atoms with Gasteiger partial charge in [-0.05, 0) is 32.4 Å². The van der Waals surface area contributed by atoms with Gasteiger partial charge in [-0.1, -0.05) is 0 Å². The number of benzene rings is 1. The lowest BCUT2D eigenvalue weighted by molar-refractivity contribution is 0.0690. The van der Waals surface area contributed by atoms with Crippen molar-refractivity contribution in [1.82, 2.24) is 0 Å². The van der Waals surface area contributed by atoms with E-state index in [0.29, 0.717) is 13.0 Å². The van der Waals surface area contributed by atoms with Gasteiger partial charge in [-0.2, -0.15) is 0 Å². The Balaban J connectivity index is 2.32. The quantitative estimate of drug-likeness (QED) is 0.887. The number of hydrogen-bond donors (Lipinski definition) is 2. The van der Waals surface area contributed by atoms with E-state index in [2.05, 4.69) is 5.32 Å². The topological polar surface area (TPSA) is 58.6 Å². The summed E-state index contributed by atoms with van der Waals surface area (Å²) in [4.78, 5) is 10.7. The normalized spacial score (nSPS) is 26.4. The molecule has 0 saturated carbocycles. The maximum Gasteiger partial charge on any atom is 0.338 e. The number of ether oxygens (including phenoxy) is 1. The van der Waals surface area contributed by atoms with Crippen molar-refractivity contribution in [2.45, 2.75) is 31.9 Å². The summed E-state index contributed by atoms with van der Waals surface area (Å²) in [5.41, 5.74) is -1.23. The van der Waals surface area contributed by atoms with Crippen molar-refractivity contribution in [2.24, 2.45) is 0 Å². The minimum absolute atomic E-state index is 0.0534. The average molecular weight is 271 g/mol. The first-order chi connectivity index (χ1) is 8.85. The Morgan fingerprint density at radius 2 is 2.16 bits per heavy atom. The third-order valence-electron chi connectivity index (χ3n) is 3.62. The number of hydrogen-bond acceptors (Lipinski definition) is 3. The zero-order chi connectivity index (χ0) is 14.2. The summed E-state index contributed by atoms with van der Waals surface area (Å²) in [7, 11) is 0. The van der Waals surface area contributed by atoms with E-state index < -0.39 is 28.7 Å². The van der Waals surface area contributed by atoms with Crippen molar-refractivity contribution in [2.75, 3.05) is 11.9 Å². The van der Waals surface area contributed by atoms with E-state index >= 15 is 0 Å². The Morgan fingerprint density at radius 3 is 2.68 bits per heavy atom. The standard InChI is InChI=1S/C13H15F2NO3/c1-7-13(2,5-6-19-7)16-9-4-3-8(12(17)18)10(14)11(9)15/h3-4,7,16H,5-6H2,1-2H3,(H,17,18). The van der Waals surface area contributed by atoms with E-state index in [1.54, 1.807) is 0 Å². The van der Waals surface area contributed by atoms with Crippen molar-refractivity contribution >= 4 is 11.7 Å². The summed E-state index contributed by atoms with van der Waals surface area (Å²) in [6, 6.07) is 2.28. The minimum atomic E-state index is -1.49. The van der Waals surface area contributed by atoms with Crippen LogP contribution in [0.15, 0.2) is 12.1 Å². The fraction of sp³-hybridized carbons (Fsp3) is 0.462. The lowest BCUT2D eigenvalue weighted by Gasteiger charge is -2.30. The monoisotopic (exact) mass is 271 g/mol. The van der Waals surface area contributed by atoms with Crippen molar-refractivity contribution in [1.29, 1.82) is 0 Å². The smallest absolute Gasteiger partial charge is 0.338 e. The van der Waals surface area contributed by atoms with Gasteiger partial charge >= 0.3 is 5.97 Å². The number of aromatic carboxylic acids is 1. The molecule has 1 aromatic rings. The van der Waals surface area contributed by atoms with E-state index in [9.17, 15) is 13.6 Å². The largest absolute Gasteiger partial charge is 0.478 e. The molecule has 0 aliphatic carbocycles. The summed E-state index contributed by atoms with van der Waals surface area (Å²) in [5, 5.41) is 11.6. The number of rotatable bonds is 3. The van der Waals surface area contributed by atoms with Crippen LogP contribution >= 0.6 is 0 Å². The molecular weight excluding hydrogens is 256 g/mol. The second-order valence-corrected chi connectivity index (χ2v) is 4.90. The van der Waals surface area contributed by atoms with Crippen LogP contribution in [0.2, 0.25) is 0 Å². The van der Waals surface area contributed by atoms with Crippen LogP contribution in [0, 0.1) is 11.6 Å². The first-order valence-corrected chi connectivity index (χ1v) is 5.96. The molecule has 1 aliphatic rings. The van der Waals surface area contributed by atoms with Crippen LogP contribution in [0.4, 0.5) is 14.5 Å². The van der Waals surface area contributed by atoms with Crippen LogP contribution < -0.4 is 5.32 Å². The molecule has 2 atom stereocenters. The average Bonchev–Trinajstić information content (AvgIpc) is 2.65. The molecule has 1 saturated heterocycles. The molecule has 2 rings (SSSR count). The van der Waals surface area contributed by atoms with E-state index in [1.165, 1.54) is 6.07 Å². The first kappa shape index (κ1) is 13.7. The molecule has 19 heavy (non-hydrogen) atoms. The van der Waals surface area contributed by atoms with Gasteiger partial charge in [0.25, 0.3) is 0 Å². The molecule has 2 N–H and O–H groups in total. The molecule has 0 aromatic heterocycles. The summed E-state index contributed by atoms with van der Waals surface area (Å²) < 4.78 is 32.8. The Kier molecular flexibility index (Phi) is 3.45. The Labute approximate surface area is 109 Å². The lowest BCUT2D eigenvalue weighted by Crippen LogP contribution is -2.41. The van der Waals surface area contributed by atoms with Crippen LogP contribution in [-0.2, 0) is 4.74 Å². The second kappa shape index (κ2) is 4.77. The molecule has 1 heterocycles. The van der Waals surface area contributed by atoms with Gasteiger partial charge in [0.1, 0.15) is 0 Å². The molecule has 6 heteroatoms. The fourth-order valence-electron chi connectivity index (χ4n) is 2.12.